The van der Waals surface area contributed by atoms with Gasteiger partial charge in [-0.1, -0.05) is 0 Å². The van der Waals surface area contributed by atoms with Gasteiger partial charge < -0.3 is 10.5 Å². The molecule has 2 aromatic carbocycles. The van der Waals surface area contributed by atoms with Gasteiger partial charge in [0.1, 0.15) is 11.6 Å². The monoisotopic (exact) mass is 341 g/mol. The Morgan fingerprint density at radius 2 is 1.90 bits per heavy atom. The fraction of sp³-hybridized carbons (Fsp3) is 0.0714. The zero-order valence-electron chi connectivity index (χ0n) is 10.4. The summed E-state index contributed by atoms with van der Waals surface area (Å²) >= 11 is 3.20. The van der Waals surface area contributed by atoms with E-state index < -0.39 is 28.7 Å². The maximum Gasteiger partial charge on any atom is 0.197 e. The highest BCUT2D eigenvalue weighted by atomic mass is 79.9. The third kappa shape index (κ3) is 2.65. The first-order chi connectivity index (χ1) is 9.43. The lowest BCUT2D eigenvalue weighted by atomic mass is 10.0. The molecule has 104 valence electrons. The molecule has 3 nitrogen and oxygen atoms in total. The first-order valence-corrected chi connectivity index (χ1v) is 6.36. The van der Waals surface area contributed by atoms with Crippen LogP contribution in [0.5, 0.6) is 5.75 Å². The SMILES string of the molecule is COc1ccc(C(=O)c2cc(F)cc(N)c2F)c(Br)c1. The maximum atomic E-state index is 13.8. The molecule has 0 aliphatic rings. The molecule has 0 bridgehead atoms. The van der Waals surface area contributed by atoms with Gasteiger partial charge in [0, 0.05) is 10.0 Å². The number of rotatable bonds is 3. The number of halogens is 3. The van der Waals surface area contributed by atoms with Crippen LogP contribution in [0.3, 0.4) is 0 Å². The molecule has 0 atom stereocenters. The lowest BCUT2D eigenvalue weighted by molar-refractivity contribution is 0.103. The first-order valence-electron chi connectivity index (χ1n) is 5.56. The molecule has 2 aromatic rings. The van der Waals surface area contributed by atoms with Crippen LogP contribution in [0.1, 0.15) is 15.9 Å². The number of anilines is 1. The van der Waals surface area contributed by atoms with Crippen LogP contribution in [-0.4, -0.2) is 12.9 Å². The van der Waals surface area contributed by atoms with Crippen LogP contribution in [0.15, 0.2) is 34.8 Å². The highest BCUT2D eigenvalue weighted by Gasteiger charge is 2.20. The van der Waals surface area contributed by atoms with E-state index in [1.54, 1.807) is 12.1 Å². The van der Waals surface area contributed by atoms with E-state index in [1.807, 2.05) is 0 Å². The van der Waals surface area contributed by atoms with Crippen LogP contribution in [-0.2, 0) is 0 Å². The van der Waals surface area contributed by atoms with E-state index in [0.717, 1.165) is 12.1 Å². The molecule has 20 heavy (non-hydrogen) atoms. The molecule has 6 heteroatoms. The number of methoxy groups -OCH3 is 1. The van der Waals surface area contributed by atoms with Crippen molar-refractivity contribution in [1.29, 1.82) is 0 Å². The fourth-order valence-electron chi connectivity index (χ4n) is 1.73. The zero-order chi connectivity index (χ0) is 14.9. The van der Waals surface area contributed by atoms with Crippen molar-refractivity contribution >= 4 is 27.4 Å². The molecule has 0 heterocycles. The number of ketones is 1. The van der Waals surface area contributed by atoms with Gasteiger partial charge in [0.25, 0.3) is 0 Å². The summed E-state index contributed by atoms with van der Waals surface area (Å²) in [6.07, 6.45) is 0. The van der Waals surface area contributed by atoms with Gasteiger partial charge in [0.15, 0.2) is 11.6 Å². The Labute approximate surface area is 122 Å². The van der Waals surface area contributed by atoms with Gasteiger partial charge in [0.05, 0.1) is 18.4 Å². The van der Waals surface area contributed by atoms with E-state index in [1.165, 1.54) is 13.2 Å². The molecular formula is C14H10BrF2NO2. The minimum atomic E-state index is -0.931. The molecule has 0 spiro atoms. The maximum absolute atomic E-state index is 13.8. The van der Waals surface area contributed by atoms with Crippen molar-refractivity contribution in [1.82, 2.24) is 0 Å². The molecule has 2 N–H and O–H groups in total. The van der Waals surface area contributed by atoms with Crippen LogP contribution in [0.25, 0.3) is 0 Å². The Kier molecular flexibility index (Phi) is 4.04. The van der Waals surface area contributed by atoms with Crippen molar-refractivity contribution in [3.05, 3.63) is 57.6 Å². The summed E-state index contributed by atoms with van der Waals surface area (Å²) in [7, 11) is 1.48. The van der Waals surface area contributed by atoms with E-state index in [9.17, 15) is 13.6 Å². The topological polar surface area (TPSA) is 52.3 Å². The fourth-order valence-corrected chi connectivity index (χ4v) is 2.27. The number of nitrogen functional groups attached to an aromatic ring is 1. The summed E-state index contributed by atoms with van der Waals surface area (Å²) < 4.78 is 32.5. The number of hydrogen-bond acceptors (Lipinski definition) is 3. The van der Waals surface area contributed by atoms with Gasteiger partial charge in [-0.15, -0.1) is 0 Å². The van der Waals surface area contributed by atoms with Crippen LogP contribution >= 0.6 is 15.9 Å². The smallest absolute Gasteiger partial charge is 0.197 e. The molecule has 2 rings (SSSR count). The number of benzene rings is 2. The second kappa shape index (κ2) is 5.58. The third-order valence-electron chi connectivity index (χ3n) is 2.73. The van der Waals surface area contributed by atoms with Gasteiger partial charge >= 0.3 is 0 Å². The number of carbonyl (C=O) groups excluding carboxylic acids is 1. The predicted octanol–water partition coefficient (Wildman–Crippen LogP) is 3.55. The van der Waals surface area contributed by atoms with Gasteiger partial charge in [0.2, 0.25) is 0 Å². The summed E-state index contributed by atoms with van der Waals surface area (Å²) in [4.78, 5) is 12.3. The molecule has 0 unspecified atom stereocenters. The number of nitrogens with two attached hydrogens (primary N) is 1. The highest BCUT2D eigenvalue weighted by Crippen LogP contribution is 2.27. The lowest BCUT2D eigenvalue weighted by Crippen LogP contribution is -2.08. The van der Waals surface area contributed by atoms with Crippen molar-refractivity contribution < 1.29 is 18.3 Å². The van der Waals surface area contributed by atoms with E-state index >= 15 is 0 Å². The van der Waals surface area contributed by atoms with Gasteiger partial charge in [-0.05, 0) is 46.3 Å². The summed E-state index contributed by atoms with van der Waals surface area (Å²) in [5.74, 6) is -1.83. The van der Waals surface area contributed by atoms with Crippen molar-refractivity contribution in [3.63, 3.8) is 0 Å². The molecular weight excluding hydrogens is 332 g/mol. The second-order valence-corrected chi connectivity index (χ2v) is 4.89. The Hall–Kier alpha value is -1.95. The molecule has 0 amide bonds. The molecule has 0 aromatic heterocycles. The number of hydrogen-bond donors (Lipinski definition) is 1. The summed E-state index contributed by atoms with van der Waals surface area (Å²) in [5, 5.41) is 0. The Bertz CT molecular complexity index is 689. The van der Waals surface area contributed by atoms with E-state index in [-0.39, 0.29) is 5.56 Å². The molecule has 0 aliphatic carbocycles. The molecule has 0 aliphatic heterocycles. The van der Waals surface area contributed by atoms with Crippen LogP contribution in [0, 0.1) is 11.6 Å². The highest BCUT2D eigenvalue weighted by molar-refractivity contribution is 9.10. The van der Waals surface area contributed by atoms with Crippen LogP contribution < -0.4 is 10.5 Å². The van der Waals surface area contributed by atoms with Crippen molar-refractivity contribution in [2.75, 3.05) is 12.8 Å². The quantitative estimate of drug-likeness (QED) is 0.686. The standard InChI is InChI=1S/C14H10BrF2NO2/c1-20-8-2-3-9(11(15)6-8)14(19)10-4-7(16)5-12(18)13(10)17/h2-6H,18H2,1H3. The van der Waals surface area contributed by atoms with Gasteiger partial charge in [-0.3, -0.25) is 4.79 Å². The molecule has 0 radical (unpaired) electrons. The largest absolute Gasteiger partial charge is 0.497 e. The number of carbonyl (C=O) groups is 1. The van der Waals surface area contributed by atoms with Crippen LogP contribution in [0.2, 0.25) is 0 Å². The second-order valence-electron chi connectivity index (χ2n) is 4.03. The van der Waals surface area contributed by atoms with Gasteiger partial charge in [-0.25, -0.2) is 8.78 Å². The first kappa shape index (κ1) is 14.5. The predicted molar refractivity (Wildman–Crippen MR) is 74.9 cm³/mol. The van der Waals surface area contributed by atoms with Crippen LogP contribution in [0.4, 0.5) is 14.5 Å². The third-order valence-corrected chi connectivity index (χ3v) is 3.39. The Morgan fingerprint density at radius 1 is 1.20 bits per heavy atom. The van der Waals surface area contributed by atoms with Crippen molar-refractivity contribution in [3.8, 4) is 5.75 Å². The molecule has 0 fully saturated rings. The normalized spacial score (nSPS) is 10.4. The average molecular weight is 342 g/mol. The summed E-state index contributed by atoms with van der Waals surface area (Å²) in [6, 6.07) is 6.23. The Morgan fingerprint density at radius 3 is 2.50 bits per heavy atom. The van der Waals surface area contributed by atoms with E-state index in [2.05, 4.69) is 15.9 Å². The molecule has 0 saturated heterocycles. The summed E-state index contributed by atoms with van der Waals surface area (Å²) in [6.45, 7) is 0. The van der Waals surface area contributed by atoms with E-state index in [4.69, 9.17) is 10.5 Å². The minimum absolute atomic E-state index is 0.190. The Balaban J connectivity index is 2.52. The summed E-state index contributed by atoms with van der Waals surface area (Å²) in [5.41, 5.74) is 4.70. The number of ether oxygens (including phenoxy) is 1. The zero-order valence-corrected chi connectivity index (χ0v) is 12.0. The lowest BCUT2D eigenvalue weighted by Gasteiger charge is -2.08. The average Bonchev–Trinajstić information content (AvgIpc) is 2.41. The van der Waals surface area contributed by atoms with Gasteiger partial charge in [-0.2, -0.15) is 0 Å². The minimum Gasteiger partial charge on any atom is -0.497 e. The van der Waals surface area contributed by atoms with E-state index in [0.29, 0.717) is 10.2 Å². The van der Waals surface area contributed by atoms with Crippen molar-refractivity contribution in [2.45, 2.75) is 0 Å². The van der Waals surface area contributed by atoms with Crippen molar-refractivity contribution in [2.24, 2.45) is 0 Å². The molecule has 0 saturated carbocycles.